The van der Waals surface area contributed by atoms with Gasteiger partial charge in [0, 0.05) is 19.3 Å². The van der Waals surface area contributed by atoms with E-state index in [4.69, 9.17) is 16.4 Å². The second-order valence-electron chi connectivity index (χ2n) is 3.55. The summed E-state index contributed by atoms with van der Waals surface area (Å²) in [5.41, 5.74) is 0. The third kappa shape index (κ3) is 10.5. The van der Waals surface area contributed by atoms with Crippen LogP contribution in [-0.4, -0.2) is 25.2 Å². The number of nitriles is 1. The Hall–Kier alpha value is -2.01. The maximum Gasteiger partial charge on any atom is 0.306 e. The number of carbonyl (C=O) groups excluding carboxylic acids is 2. The van der Waals surface area contributed by atoms with E-state index in [1.165, 1.54) is 0 Å². The average molecular weight is 251 g/mol. The number of carbonyl (C=O) groups is 2. The van der Waals surface area contributed by atoms with Gasteiger partial charge < -0.3 is 9.47 Å². The Balaban J connectivity index is 3.40. The summed E-state index contributed by atoms with van der Waals surface area (Å²) < 4.78 is 9.56. The van der Waals surface area contributed by atoms with E-state index in [0.29, 0.717) is 25.9 Å². The van der Waals surface area contributed by atoms with Crippen LogP contribution in [0.4, 0.5) is 0 Å². The SMILES string of the molecule is C#CCOC(=O)CCCC(=O)OCCCCC#N. The molecule has 0 N–H and O–H groups in total. The molecule has 0 rings (SSSR count). The Bertz CT molecular complexity index is 338. The Labute approximate surface area is 107 Å². The van der Waals surface area contributed by atoms with E-state index in [1.807, 2.05) is 6.07 Å². The van der Waals surface area contributed by atoms with Crippen LogP contribution in [0.25, 0.3) is 0 Å². The average Bonchev–Trinajstić information content (AvgIpc) is 2.36. The minimum Gasteiger partial charge on any atom is -0.466 e. The van der Waals surface area contributed by atoms with Crippen molar-refractivity contribution in [3.8, 4) is 18.4 Å². The van der Waals surface area contributed by atoms with E-state index < -0.39 is 5.97 Å². The molecule has 0 aromatic carbocycles. The van der Waals surface area contributed by atoms with Crippen LogP contribution in [0, 0.1) is 23.7 Å². The highest BCUT2D eigenvalue weighted by atomic mass is 16.5. The van der Waals surface area contributed by atoms with Gasteiger partial charge in [-0.15, -0.1) is 6.42 Å². The van der Waals surface area contributed by atoms with Crippen LogP contribution in [0.3, 0.4) is 0 Å². The molecule has 0 saturated carbocycles. The number of hydrogen-bond donors (Lipinski definition) is 0. The Morgan fingerprint density at radius 3 is 2.33 bits per heavy atom. The van der Waals surface area contributed by atoms with Crippen LogP contribution < -0.4 is 0 Å². The number of unbranched alkanes of at least 4 members (excludes halogenated alkanes) is 2. The zero-order valence-electron chi connectivity index (χ0n) is 10.3. The number of ether oxygens (including phenoxy) is 2. The quantitative estimate of drug-likeness (QED) is 0.353. The van der Waals surface area contributed by atoms with Crippen molar-refractivity contribution in [3.63, 3.8) is 0 Å². The first-order valence-electron chi connectivity index (χ1n) is 5.82. The molecule has 0 heterocycles. The van der Waals surface area contributed by atoms with Crippen molar-refractivity contribution in [2.24, 2.45) is 0 Å². The first-order valence-corrected chi connectivity index (χ1v) is 5.82. The fourth-order valence-corrected chi connectivity index (χ4v) is 1.14. The zero-order valence-corrected chi connectivity index (χ0v) is 10.3. The highest BCUT2D eigenvalue weighted by molar-refractivity contribution is 5.72. The normalized spacial score (nSPS) is 9.00. The van der Waals surface area contributed by atoms with Gasteiger partial charge in [0.2, 0.25) is 0 Å². The Morgan fingerprint density at radius 1 is 1.06 bits per heavy atom. The molecule has 0 aromatic rings. The summed E-state index contributed by atoms with van der Waals surface area (Å²) in [6.45, 7) is 0.282. The third-order valence-electron chi connectivity index (χ3n) is 2.02. The zero-order chi connectivity index (χ0) is 13.6. The van der Waals surface area contributed by atoms with Gasteiger partial charge in [-0.1, -0.05) is 5.92 Å². The number of esters is 2. The number of rotatable bonds is 9. The van der Waals surface area contributed by atoms with Crippen molar-refractivity contribution in [1.29, 1.82) is 5.26 Å². The standard InChI is InChI=1S/C13H17NO4/c1-2-10-17-12(15)7-6-8-13(16)18-11-5-3-4-9-14/h1H,3-8,10-11H2. The molecule has 5 heteroatoms. The summed E-state index contributed by atoms with van der Waals surface area (Å²) in [7, 11) is 0. The Morgan fingerprint density at radius 2 is 1.72 bits per heavy atom. The van der Waals surface area contributed by atoms with Crippen LogP contribution in [0.2, 0.25) is 0 Å². The van der Waals surface area contributed by atoms with E-state index in [-0.39, 0.29) is 25.4 Å². The lowest BCUT2D eigenvalue weighted by atomic mass is 10.2. The van der Waals surface area contributed by atoms with E-state index >= 15 is 0 Å². The smallest absolute Gasteiger partial charge is 0.306 e. The van der Waals surface area contributed by atoms with Gasteiger partial charge in [0.1, 0.15) is 0 Å². The molecule has 0 spiro atoms. The number of hydrogen-bond acceptors (Lipinski definition) is 5. The summed E-state index contributed by atoms with van der Waals surface area (Å²) in [4.78, 5) is 22.2. The summed E-state index contributed by atoms with van der Waals surface area (Å²) in [6.07, 6.45) is 7.53. The molecule has 0 amide bonds. The van der Waals surface area contributed by atoms with Crippen molar-refractivity contribution in [1.82, 2.24) is 0 Å². The summed E-state index contributed by atoms with van der Waals surface area (Å²) in [5, 5.41) is 8.29. The molecule has 5 nitrogen and oxygen atoms in total. The minimum absolute atomic E-state index is 0.0395. The molecule has 18 heavy (non-hydrogen) atoms. The maximum absolute atomic E-state index is 11.2. The van der Waals surface area contributed by atoms with Gasteiger partial charge in [0.25, 0.3) is 0 Å². The third-order valence-corrected chi connectivity index (χ3v) is 2.02. The first kappa shape index (κ1) is 16.0. The molecule has 0 unspecified atom stereocenters. The highest BCUT2D eigenvalue weighted by Gasteiger charge is 2.06. The van der Waals surface area contributed by atoms with Crippen LogP contribution in [0.15, 0.2) is 0 Å². The molecule has 0 radical (unpaired) electrons. The van der Waals surface area contributed by atoms with Crippen LogP contribution >= 0.6 is 0 Å². The largest absolute Gasteiger partial charge is 0.466 e. The lowest BCUT2D eigenvalue weighted by Gasteiger charge is -2.03. The minimum atomic E-state index is -0.408. The highest BCUT2D eigenvalue weighted by Crippen LogP contribution is 2.01. The second-order valence-corrected chi connectivity index (χ2v) is 3.55. The van der Waals surface area contributed by atoms with Gasteiger partial charge in [-0.05, 0) is 19.3 Å². The fraction of sp³-hybridized carbons (Fsp3) is 0.615. The maximum atomic E-state index is 11.2. The van der Waals surface area contributed by atoms with Crippen molar-refractivity contribution < 1.29 is 19.1 Å². The fourth-order valence-electron chi connectivity index (χ4n) is 1.14. The van der Waals surface area contributed by atoms with Crippen LogP contribution in [-0.2, 0) is 19.1 Å². The van der Waals surface area contributed by atoms with Gasteiger partial charge in [-0.3, -0.25) is 9.59 Å². The summed E-state index contributed by atoms with van der Waals surface area (Å²) in [5.74, 6) is 1.44. The van der Waals surface area contributed by atoms with Crippen molar-refractivity contribution in [3.05, 3.63) is 0 Å². The molecular formula is C13H17NO4. The van der Waals surface area contributed by atoms with E-state index in [2.05, 4.69) is 10.7 Å². The van der Waals surface area contributed by atoms with Crippen LogP contribution in [0.1, 0.15) is 38.5 Å². The van der Waals surface area contributed by atoms with E-state index in [0.717, 1.165) is 6.42 Å². The van der Waals surface area contributed by atoms with E-state index in [9.17, 15) is 9.59 Å². The molecule has 98 valence electrons. The molecule has 0 fully saturated rings. The summed E-state index contributed by atoms with van der Waals surface area (Å²) in [6, 6.07) is 2.01. The molecule has 0 aromatic heterocycles. The predicted molar refractivity (Wildman–Crippen MR) is 64.1 cm³/mol. The molecule has 0 aliphatic rings. The Kier molecular flexibility index (Phi) is 10.2. The van der Waals surface area contributed by atoms with Gasteiger partial charge in [-0.25, -0.2) is 0 Å². The first-order chi connectivity index (χ1) is 8.70. The monoisotopic (exact) mass is 251 g/mol. The van der Waals surface area contributed by atoms with Crippen molar-refractivity contribution >= 4 is 11.9 Å². The second kappa shape index (κ2) is 11.5. The van der Waals surface area contributed by atoms with Gasteiger partial charge >= 0.3 is 11.9 Å². The molecule has 0 saturated heterocycles. The topological polar surface area (TPSA) is 76.4 Å². The van der Waals surface area contributed by atoms with Gasteiger partial charge in [0.15, 0.2) is 6.61 Å². The lowest BCUT2D eigenvalue weighted by molar-refractivity contribution is -0.144. The molecule has 0 atom stereocenters. The number of terminal acetylenes is 1. The molecule has 0 aliphatic carbocycles. The van der Waals surface area contributed by atoms with Crippen molar-refractivity contribution in [2.45, 2.75) is 38.5 Å². The van der Waals surface area contributed by atoms with Gasteiger partial charge in [0.05, 0.1) is 12.7 Å². The lowest BCUT2D eigenvalue weighted by Crippen LogP contribution is -2.08. The molecule has 0 bridgehead atoms. The predicted octanol–water partition coefficient (Wildman–Crippen LogP) is 1.57. The summed E-state index contributed by atoms with van der Waals surface area (Å²) >= 11 is 0. The van der Waals surface area contributed by atoms with E-state index in [1.54, 1.807) is 0 Å². The number of nitrogens with zero attached hydrogens (tertiary/aromatic N) is 1. The molecule has 0 aliphatic heterocycles. The van der Waals surface area contributed by atoms with Gasteiger partial charge in [-0.2, -0.15) is 5.26 Å². The van der Waals surface area contributed by atoms with Crippen LogP contribution in [0.5, 0.6) is 0 Å². The van der Waals surface area contributed by atoms with Crippen molar-refractivity contribution in [2.75, 3.05) is 13.2 Å². The molecular weight excluding hydrogens is 234 g/mol.